The minimum atomic E-state index is -3.41. The van der Waals surface area contributed by atoms with Gasteiger partial charge in [0.25, 0.3) is 0 Å². The third-order valence-electron chi connectivity index (χ3n) is 4.34. The molecule has 1 unspecified atom stereocenters. The topological polar surface area (TPSA) is 120 Å². The number of esters is 1. The molecule has 0 bridgehead atoms. The van der Waals surface area contributed by atoms with Crippen LogP contribution in [0.25, 0.3) is 5.82 Å². The molecule has 3 aromatic rings. The molecule has 0 aliphatic heterocycles. The van der Waals surface area contributed by atoms with Gasteiger partial charge in [0, 0.05) is 23.1 Å². The van der Waals surface area contributed by atoms with E-state index in [4.69, 9.17) is 4.74 Å². The molecular weight excluding hydrogens is 420 g/mol. The second kappa shape index (κ2) is 8.68. The molecule has 10 heteroatoms. The maximum absolute atomic E-state index is 12.5. The third kappa shape index (κ3) is 5.54. The van der Waals surface area contributed by atoms with Gasteiger partial charge in [-0.1, -0.05) is 0 Å². The highest BCUT2D eigenvalue weighted by Crippen LogP contribution is 2.15. The Labute approximate surface area is 180 Å². The Morgan fingerprint density at radius 3 is 2.23 bits per heavy atom. The number of hydrogen-bond acceptors (Lipinski definition) is 7. The summed E-state index contributed by atoms with van der Waals surface area (Å²) in [6, 6.07) is 11.0. The van der Waals surface area contributed by atoms with E-state index in [0.717, 1.165) is 17.6 Å². The molecule has 3 rings (SSSR count). The first-order valence-electron chi connectivity index (χ1n) is 9.36. The predicted octanol–water partition coefficient (Wildman–Crippen LogP) is 2.68. The number of aryl methyl sites for hydroxylation is 2. The highest BCUT2D eigenvalue weighted by atomic mass is 32.2. The zero-order chi connectivity index (χ0) is 22.8. The number of anilines is 1. The van der Waals surface area contributed by atoms with Gasteiger partial charge in [-0.25, -0.2) is 22.9 Å². The zero-order valence-electron chi connectivity index (χ0n) is 17.5. The Kier molecular flexibility index (Phi) is 6.21. The molecule has 1 aromatic carbocycles. The standard InChI is InChI=1S/C21H22N4O5S/c1-13-11-14(2)25(23-13)19-10-7-17(12-22-19)21(27)30-15(3)20(26)16-5-8-18(9-6-16)24-31(4,28)29/h5-12,15,24H,1-4H3. The summed E-state index contributed by atoms with van der Waals surface area (Å²) in [5.74, 6) is -0.524. The van der Waals surface area contributed by atoms with Gasteiger partial charge in [-0.05, 0) is 63.2 Å². The molecule has 2 aromatic heterocycles. The van der Waals surface area contributed by atoms with E-state index in [1.807, 2.05) is 19.9 Å². The number of nitrogens with one attached hydrogen (secondary N) is 1. The number of Topliss-reactive ketones (excluding diaryl/α,β-unsaturated/α-hetero) is 1. The van der Waals surface area contributed by atoms with Crippen LogP contribution in [-0.2, 0) is 14.8 Å². The van der Waals surface area contributed by atoms with Crippen molar-refractivity contribution in [2.24, 2.45) is 0 Å². The minimum Gasteiger partial charge on any atom is -0.451 e. The Balaban J connectivity index is 1.65. The first-order valence-corrected chi connectivity index (χ1v) is 11.3. The van der Waals surface area contributed by atoms with Gasteiger partial charge in [0.05, 0.1) is 17.5 Å². The van der Waals surface area contributed by atoms with Crippen molar-refractivity contribution < 1.29 is 22.7 Å². The van der Waals surface area contributed by atoms with E-state index in [-0.39, 0.29) is 11.1 Å². The SMILES string of the molecule is Cc1cc(C)n(-c2ccc(C(=O)OC(C)C(=O)c3ccc(NS(C)(=O)=O)cc3)cn2)n1. The van der Waals surface area contributed by atoms with Crippen LogP contribution in [0.15, 0.2) is 48.7 Å². The van der Waals surface area contributed by atoms with Crippen molar-refractivity contribution >= 4 is 27.5 Å². The fraction of sp³-hybridized carbons (Fsp3) is 0.238. The van der Waals surface area contributed by atoms with E-state index in [1.54, 1.807) is 16.8 Å². The summed E-state index contributed by atoms with van der Waals surface area (Å²) in [5.41, 5.74) is 2.60. The quantitative estimate of drug-likeness (QED) is 0.441. The van der Waals surface area contributed by atoms with Gasteiger partial charge in [0.2, 0.25) is 15.8 Å². The van der Waals surface area contributed by atoms with Crippen LogP contribution in [0.2, 0.25) is 0 Å². The van der Waals surface area contributed by atoms with E-state index < -0.39 is 27.9 Å². The van der Waals surface area contributed by atoms with Gasteiger partial charge in [-0.15, -0.1) is 0 Å². The smallest absolute Gasteiger partial charge is 0.340 e. The lowest BCUT2D eigenvalue weighted by atomic mass is 10.1. The van der Waals surface area contributed by atoms with Crippen molar-refractivity contribution in [1.82, 2.24) is 14.8 Å². The highest BCUT2D eigenvalue weighted by Gasteiger charge is 2.21. The molecule has 0 aliphatic rings. The number of ether oxygens (including phenoxy) is 1. The van der Waals surface area contributed by atoms with Gasteiger partial charge in [-0.3, -0.25) is 9.52 Å². The van der Waals surface area contributed by atoms with Crippen LogP contribution in [-0.4, -0.2) is 47.3 Å². The van der Waals surface area contributed by atoms with Gasteiger partial charge in [-0.2, -0.15) is 5.10 Å². The summed E-state index contributed by atoms with van der Waals surface area (Å²) in [6.07, 6.45) is 1.38. The number of pyridine rings is 1. The number of ketones is 1. The molecule has 0 saturated heterocycles. The third-order valence-corrected chi connectivity index (χ3v) is 4.94. The molecule has 0 saturated carbocycles. The fourth-order valence-electron chi connectivity index (χ4n) is 2.93. The van der Waals surface area contributed by atoms with Gasteiger partial charge >= 0.3 is 5.97 Å². The molecule has 0 radical (unpaired) electrons. The molecule has 1 N–H and O–H groups in total. The largest absolute Gasteiger partial charge is 0.451 e. The first kappa shape index (κ1) is 22.2. The summed E-state index contributed by atoms with van der Waals surface area (Å²) >= 11 is 0. The monoisotopic (exact) mass is 442 g/mol. The van der Waals surface area contributed by atoms with E-state index in [9.17, 15) is 18.0 Å². The van der Waals surface area contributed by atoms with Crippen LogP contribution in [0.1, 0.15) is 39.0 Å². The highest BCUT2D eigenvalue weighted by molar-refractivity contribution is 7.92. The molecule has 162 valence electrons. The Morgan fingerprint density at radius 1 is 1.06 bits per heavy atom. The normalized spacial score (nSPS) is 12.3. The lowest BCUT2D eigenvalue weighted by Crippen LogP contribution is -2.24. The average Bonchev–Trinajstić information content (AvgIpc) is 3.05. The molecule has 2 heterocycles. The van der Waals surface area contributed by atoms with Crippen LogP contribution in [0.5, 0.6) is 0 Å². The molecule has 1 atom stereocenters. The van der Waals surface area contributed by atoms with Crippen molar-refractivity contribution in [2.45, 2.75) is 26.9 Å². The Hall–Kier alpha value is -3.53. The maximum Gasteiger partial charge on any atom is 0.340 e. The van der Waals surface area contributed by atoms with Gasteiger partial charge < -0.3 is 4.74 Å². The number of nitrogens with zero attached hydrogens (tertiary/aromatic N) is 3. The van der Waals surface area contributed by atoms with E-state index >= 15 is 0 Å². The lowest BCUT2D eigenvalue weighted by Gasteiger charge is -2.13. The summed E-state index contributed by atoms with van der Waals surface area (Å²) in [6.45, 7) is 5.25. The number of sulfonamides is 1. The van der Waals surface area contributed by atoms with Crippen LogP contribution in [0.3, 0.4) is 0 Å². The summed E-state index contributed by atoms with van der Waals surface area (Å²) in [7, 11) is -3.41. The van der Waals surface area contributed by atoms with E-state index in [1.165, 1.54) is 37.4 Å². The predicted molar refractivity (Wildman–Crippen MR) is 115 cm³/mol. The number of carbonyl (C=O) groups excluding carboxylic acids is 2. The number of rotatable bonds is 7. The number of aromatic nitrogens is 3. The van der Waals surface area contributed by atoms with Crippen molar-refractivity contribution in [3.63, 3.8) is 0 Å². The zero-order valence-corrected chi connectivity index (χ0v) is 18.3. The van der Waals surface area contributed by atoms with Crippen molar-refractivity contribution in [3.05, 3.63) is 71.2 Å². The molecule has 0 amide bonds. The lowest BCUT2D eigenvalue weighted by molar-refractivity contribution is 0.0318. The number of benzene rings is 1. The Bertz CT molecular complexity index is 1220. The molecule has 0 spiro atoms. The van der Waals surface area contributed by atoms with Crippen LogP contribution in [0.4, 0.5) is 5.69 Å². The van der Waals surface area contributed by atoms with Crippen molar-refractivity contribution in [2.75, 3.05) is 11.0 Å². The maximum atomic E-state index is 12.5. The molecule has 9 nitrogen and oxygen atoms in total. The molecule has 0 aliphatic carbocycles. The van der Waals surface area contributed by atoms with Crippen molar-refractivity contribution in [3.8, 4) is 5.82 Å². The molecular formula is C21H22N4O5S. The Morgan fingerprint density at radius 2 is 1.71 bits per heavy atom. The second-order valence-electron chi connectivity index (χ2n) is 7.11. The fourth-order valence-corrected chi connectivity index (χ4v) is 3.49. The van der Waals surface area contributed by atoms with Crippen LogP contribution >= 0.6 is 0 Å². The van der Waals surface area contributed by atoms with E-state index in [0.29, 0.717) is 11.5 Å². The van der Waals surface area contributed by atoms with E-state index in [2.05, 4.69) is 14.8 Å². The number of hydrogen-bond donors (Lipinski definition) is 1. The summed E-state index contributed by atoms with van der Waals surface area (Å²) < 4.78 is 31.8. The summed E-state index contributed by atoms with van der Waals surface area (Å²) in [4.78, 5) is 29.2. The average molecular weight is 442 g/mol. The van der Waals surface area contributed by atoms with Gasteiger partial charge in [0.15, 0.2) is 11.9 Å². The summed E-state index contributed by atoms with van der Waals surface area (Å²) in [5, 5.41) is 4.34. The van der Waals surface area contributed by atoms with Crippen molar-refractivity contribution in [1.29, 1.82) is 0 Å². The first-order chi connectivity index (χ1) is 14.5. The second-order valence-corrected chi connectivity index (χ2v) is 8.86. The van der Waals surface area contributed by atoms with Crippen LogP contribution < -0.4 is 4.72 Å². The molecule has 0 fully saturated rings. The minimum absolute atomic E-state index is 0.206. The molecule has 31 heavy (non-hydrogen) atoms. The van der Waals surface area contributed by atoms with Gasteiger partial charge in [0.1, 0.15) is 0 Å². The van der Waals surface area contributed by atoms with Crippen LogP contribution in [0, 0.1) is 13.8 Å². The number of carbonyl (C=O) groups is 2.